The first kappa shape index (κ1) is 28.4. The van der Waals surface area contributed by atoms with Crippen molar-refractivity contribution in [1.29, 1.82) is 0 Å². The summed E-state index contributed by atoms with van der Waals surface area (Å²) < 4.78 is 43.7. The standard InChI is InChI=1S/C28H35F3N4O2/c1-18(36)27(37)35(13-12-21(32)15-29)25(28(2,3)4)26-33-24(22-14-20(30)10-11-23(22)31)17-34(26)16-19-8-6-5-7-9-19/h5-11,14,17-18,21,25,36H,12-13,15-16,32H2,1-4H3/t18-,21-,25?/m0/s1. The Kier molecular flexibility index (Phi) is 9.15. The summed E-state index contributed by atoms with van der Waals surface area (Å²) in [6, 6.07) is 11.2. The number of aromatic nitrogens is 2. The molecule has 0 spiro atoms. The summed E-state index contributed by atoms with van der Waals surface area (Å²) in [5.74, 6) is -1.36. The van der Waals surface area contributed by atoms with Gasteiger partial charge in [0.2, 0.25) is 0 Å². The number of rotatable bonds is 10. The number of amides is 1. The zero-order chi connectivity index (χ0) is 27.3. The van der Waals surface area contributed by atoms with E-state index in [1.165, 1.54) is 11.8 Å². The van der Waals surface area contributed by atoms with Gasteiger partial charge in [0.25, 0.3) is 5.91 Å². The highest BCUT2D eigenvalue weighted by atomic mass is 19.1. The normalized spacial score (nSPS) is 14.3. The molecular formula is C28H35F3N4O2. The van der Waals surface area contributed by atoms with Crippen LogP contribution < -0.4 is 5.73 Å². The average molecular weight is 517 g/mol. The topological polar surface area (TPSA) is 84.4 Å². The molecule has 0 fully saturated rings. The first-order valence-electron chi connectivity index (χ1n) is 12.3. The Balaban J connectivity index is 2.21. The van der Waals surface area contributed by atoms with E-state index in [0.717, 1.165) is 23.8 Å². The van der Waals surface area contributed by atoms with Gasteiger partial charge in [-0.2, -0.15) is 0 Å². The largest absolute Gasteiger partial charge is 0.384 e. The number of carbonyl (C=O) groups excluding carboxylic acids is 1. The van der Waals surface area contributed by atoms with Gasteiger partial charge in [0.05, 0.1) is 11.7 Å². The molecule has 37 heavy (non-hydrogen) atoms. The molecule has 3 rings (SSSR count). The Hall–Kier alpha value is -3.17. The fraction of sp³-hybridized carbons (Fsp3) is 0.429. The molecule has 1 aromatic heterocycles. The fourth-order valence-corrected chi connectivity index (χ4v) is 4.36. The van der Waals surface area contributed by atoms with Gasteiger partial charge in [0.1, 0.15) is 30.2 Å². The maximum Gasteiger partial charge on any atom is 0.251 e. The molecule has 1 amide bonds. The molecule has 0 radical (unpaired) electrons. The third-order valence-corrected chi connectivity index (χ3v) is 6.16. The van der Waals surface area contributed by atoms with Crippen LogP contribution in [0.5, 0.6) is 0 Å². The summed E-state index contributed by atoms with van der Waals surface area (Å²) in [5.41, 5.74) is 6.35. The second-order valence-electron chi connectivity index (χ2n) is 10.4. The van der Waals surface area contributed by atoms with Gasteiger partial charge in [-0.15, -0.1) is 0 Å². The highest BCUT2D eigenvalue weighted by molar-refractivity contribution is 5.80. The monoisotopic (exact) mass is 516 g/mol. The highest BCUT2D eigenvalue weighted by Crippen LogP contribution is 2.40. The van der Waals surface area contributed by atoms with Crippen LogP contribution in [0.25, 0.3) is 11.3 Å². The molecule has 3 N–H and O–H groups in total. The number of nitrogens with zero attached hydrogens (tertiary/aromatic N) is 3. The number of aliphatic hydroxyl groups is 1. The molecule has 9 heteroatoms. The zero-order valence-corrected chi connectivity index (χ0v) is 21.7. The van der Waals surface area contributed by atoms with E-state index >= 15 is 0 Å². The molecule has 1 unspecified atom stereocenters. The summed E-state index contributed by atoms with van der Waals surface area (Å²) in [5, 5.41) is 10.2. The van der Waals surface area contributed by atoms with E-state index in [9.17, 15) is 23.1 Å². The van der Waals surface area contributed by atoms with Crippen LogP contribution in [0.15, 0.2) is 54.7 Å². The van der Waals surface area contributed by atoms with Gasteiger partial charge in [-0.1, -0.05) is 51.1 Å². The van der Waals surface area contributed by atoms with E-state index in [2.05, 4.69) is 0 Å². The summed E-state index contributed by atoms with van der Waals surface area (Å²) in [6.45, 7) is 6.81. The van der Waals surface area contributed by atoms with E-state index < -0.39 is 47.8 Å². The zero-order valence-electron chi connectivity index (χ0n) is 21.7. The lowest BCUT2D eigenvalue weighted by Crippen LogP contribution is -2.47. The number of alkyl halides is 1. The summed E-state index contributed by atoms with van der Waals surface area (Å²) in [4.78, 5) is 19.4. The minimum Gasteiger partial charge on any atom is -0.384 e. The van der Waals surface area contributed by atoms with Crippen molar-refractivity contribution in [3.8, 4) is 11.3 Å². The summed E-state index contributed by atoms with van der Waals surface area (Å²) in [7, 11) is 0. The number of halogens is 3. The van der Waals surface area contributed by atoms with Gasteiger partial charge >= 0.3 is 0 Å². The number of hydrogen-bond acceptors (Lipinski definition) is 4. The van der Waals surface area contributed by atoms with E-state index in [1.807, 2.05) is 55.7 Å². The van der Waals surface area contributed by atoms with Crippen LogP contribution in [0.2, 0.25) is 0 Å². The quantitative estimate of drug-likeness (QED) is 0.403. The van der Waals surface area contributed by atoms with Crippen LogP contribution in [0.3, 0.4) is 0 Å². The maximum absolute atomic E-state index is 14.7. The van der Waals surface area contributed by atoms with Crippen molar-refractivity contribution in [2.45, 2.75) is 58.8 Å². The van der Waals surface area contributed by atoms with E-state index in [-0.39, 0.29) is 24.2 Å². The van der Waals surface area contributed by atoms with Gasteiger partial charge < -0.3 is 20.3 Å². The molecule has 0 aliphatic carbocycles. The first-order valence-corrected chi connectivity index (χ1v) is 12.3. The second-order valence-corrected chi connectivity index (χ2v) is 10.4. The molecule has 6 nitrogen and oxygen atoms in total. The van der Waals surface area contributed by atoms with Crippen molar-refractivity contribution in [1.82, 2.24) is 14.5 Å². The molecule has 1 heterocycles. The molecule has 0 aliphatic heterocycles. The summed E-state index contributed by atoms with van der Waals surface area (Å²) in [6.07, 6.45) is 0.493. The molecule has 3 atom stereocenters. The Morgan fingerprint density at radius 2 is 1.84 bits per heavy atom. The van der Waals surface area contributed by atoms with E-state index in [1.54, 1.807) is 6.20 Å². The lowest BCUT2D eigenvalue weighted by molar-refractivity contribution is -0.145. The van der Waals surface area contributed by atoms with Crippen LogP contribution in [0.4, 0.5) is 13.2 Å². The lowest BCUT2D eigenvalue weighted by Gasteiger charge is -2.41. The van der Waals surface area contributed by atoms with Gasteiger partial charge in [0.15, 0.2) is 0 Å². The van der Waals surface area contributed by atoms with Crippen molar-refractivity contribution < 1.29 is 23.1 Å². The summed E-state index contributed by atoms with van der Waals surface area (Å²) >= 11 is 0. The SMILES string of the molecule is C[C@H](O)C(=O)N(CC[C@H](N)CF)C(c1nc(-c2cc(F)ccc2F)cn1Cc1ccccc1)C(C)(C)C. The van der Waals surface area contributed by atoms with Crippen LogP contribution in [-0.4, -0.2) is 50.8 Å². The van der Waals surface area contributed by atoms with Crippen molar-refractivity contribution in [3.63, 3.8) is 0 Å². The average Bonchev–Trinajstić information content (AvgIpc) is 3.24. The van der Waals surface area contributed by atoms with Crippen LogP contribution in [-0.2, 0) is 11.3 Å². The Morgan fingerprint density at radius 1 is 1.16 bits per heavy atom. The third kappa shape index (κ3) is 6.99. The van der Waals surface area contributed by atoms with Crippen LogP contribution in [0.1, 0.15) is 51.5 Å². The van der Waals surface area contributed by atoms with Crippen molar-refractivity contribution in [2.75, 3.05) is 13.2 Å². The predicted octanol–water partition coefficient (Wildman–Crippen LogP) is 4.86. The third-order valence-electron chi connectivity index (χ3n) is 6.16. The molecule has 0 aliphatic rings. The number of carbonyl (C=O) groups is 1. The second kappa shape index (κ2) is 11.9. The smallest absolute Gasteiger partial charge is 0.251 e. The number of imidazole rings is 1. The first-order chi connectivity index (χ1) is 17.4. The van der Waals surface area contributed by atoms with Gasteiger partial charge in [-0.3, -0.25) is 4.79 Å². The van der Waals surface area contributed by atoms with E-state index in [0.29, 0.717) is 12.4 Å². The van der Waals surface area contributed by atoms with E-state index in [4.69, 9.17) is 10.7 Å². The molecular weight excluding hydrogens is 481 g/mol. The van der Waals surface area contributed by atoms with Gasteiger partial charge in [-0.25, -0.2) is 18.2 Å². The minimum atomic E-state index is -1.32. The predicted molar refractivity (Wildman–Crippen MR) is 137 cm³/mol. The Labute approximate surface area is 215 Å². The van der Waals surface area contributed by atoms with Gasteiger partial charge in [-0.05, 0) is 42.5 Å². The Bertz CT molecular complexity index is 1190. The number of benzene rings is 2. The Morgan fingerprint density at radius 3 is 2.43 bits per heavy atom. The van der Waals surface area contributed by atoms with Crippen molar-refractivity contribution in [2.24, 2.45) is 11.1 Å². The number of hydrogen-bond donors (Lipinski definition) is 2. The molecule has 3 aromatic rings. The minimum absolute atomic E-state index is 0.00595. The highest BCUT2D eigenvalue weighted by Gasteiger charge is 2.39. The van der Waals surface area contributed by atoms with Gasteiger partial charge in [0, 0.05) is 30.9 Å². The number of aliphatic hydroxyl groups excluding tert-OH is 1. The lowest BCUT2D eigenvalue weighted by atomic mass is 9.84. The van der Waals surface area contributed by atoms with Crippen LogP contribution >= 0.6 is 0 Å². The number of nitrogens with two attached hydrogens (primary N) is 1. The van der Waals surface area contributed by atoms with Crippen molar-refractivity contribution >= 4 is 5.91 Å². The van der Waals surface area contributed by atoms with Crippen molar-refractivity contribution in [3.05, 3.63) is 77.8 Å². The fourth-order valence-electron chi connectivity index (χ4n) is 4.36. The molecule has 200 valence electrons. The molecule has 0 saturated carbocycles. The van der Waals surface area contributed by atoms with Crippen LogP contribution in [0, 0.1) is 17.0 Å². The molecule has 0 bridgehead atoms. The maximum atomic E-state index is 14.7. The molecule has 0 saturated heterocycles. The molecule has 2 aromatic carbocycles.